The average Bonchev–Trinajstić information content (AvgIpc) is 3.12. The van der Waals surface area contributed by atoms with E-state index in [2.05, 4.69) is 103 Å². The van der Waals surface area contributed by atoms with Crippen LogP contribution in [0.4, 0.5) is 0 Å². The zero-order valence-corrected chi connectivity index (χ0v) is 27.2. The Bertz CT molecular complexity index is 2050. The van der Waals surface area contributed by atoms with Crippen molar-refractivity contribution in [3.05, 3.63) is 152 Å². The molecule has 4 nitrogen and oxygen atoms in total. The van der Waals surface area contributed by atoms with Crippen molar-refractivity contribution in [3.63, 3.8) is 0 Å². The number of hydrogen-bond acceptors (Lipinski definition) is 4. The highest BCUT2D eigenvalue weighted by Crippen LogP contribution is 2.38. The Morgan fingerprint density at radius 2 is 0.783 bits per heavy atom. The van der Waals surface area contributed by atoms with Gasteiger partial charge in [-0.05, 0) is 33.9 Å². The van der Waals surface area contributed by atoms with Crippen LogP contribution in [0.5, 0.6) is 0 Å². The number of pyridine rings is 1. The van der Waals surface area contributed by atoms with Crippen LogP contribution < -0.4 is 5.19 Å². The van der Waals surface area contributed by atoms with Crippen LogP contribution >= 0.6 is 0 Å². The van der Waals surface area contributed by atoms with E-state index in [9.17, 15) is 0 Å². The first-order valence-electron chi connectivity index (χ1n) is 15.6. The largest absolute Gasteiger partial charge is 0.264 e. The molecule has 46 heavy (non-hydrogen) atoms. The zero-order valence-electron chi connectivity index (χ0n) is 26.2. The Morgan fingerprint density at radius 3 is 1.33 bits per heavy atom. The van der Waals surface area contributed by atoms with Crippen molar-refractivity contribution in [3.8, 4) is 67.5 Å². The molecule has 0 unspecified atom stereocenters. The second-order valence-electron chi connectivity index (χ2n) is 12.4. The summed E-state index contributed by atoms with van der Waals surface area (Å²) in [5, 5.41) is 1.45. The van der Waals surface area contributed by atoms with Crippen LogP contribution in [0.25, 0.3) is 67.5 Å². The highest BCUT2D eigenvalue weighted by atomic mass is 28.3. The lowest BCUT2D eigenvalue weighted by molar-refractivity contribution is 1.07. The van der Waals surface area contributed by atoms with E-state index in [1.165, 1.54) is 16.3 Å². The Hall–Kier alpha value is -5.52. The maximum Gasteiger partial charge on any atom is 0.164 e. The van der Waals surface area contributed by atoms with Crippen LogP contribution in [0, 0.1) is 0 Å². The lowest BCUT2D eigenvalue weighted by atomic mass is 9.90. The number of rotatable bonds is 7. The van der Waals surface area contributed by atoms with Gasteiger partial charge < -0.3 is 0 Å². The Morgan fingerprint density at radius 1 is 0.370 bits per heavy atom. The van der Waals surface area contributed by atoms with Gasteiger partial charge in [-0.1, -0.05) is 158 Å². The van der Waals surface area contributed by atoms with Gasteiger partial charge in [0, 0.05) is 34.6 Å². The van der Waals surface area contributed by atoms with E-state index in [0.717, 1.165) is 38.9 Å². The van der Waals surface area contributed by atoms with Crippen LogP contribution in [-0.4, -0.2) is 28.0 Å². The van der Waals surface area contributed by atoms with E-state index < -0.39 is 8.07 Å². The molecule has 0 N–H and O–H groups in total. The molecule has 5 heteroatoms. The summed E-state index contributed by atoms with van der Waals surface area (Å²) in [5.41, 5.74) is 9.75. The average molecular weight is 611 g/mol. The van der Waals surface area contributed by atoms with Crippen LogP contribution in [0.15, 0.2) is 152 Å². The Labute approximate surface area is 271 Å². The molecule has 0 radical (unpaired) electrons. The smallest absolute Gasteiger partial charge is 0.164 e. The van der Waals surface area contributed by atoms with Crippen LogP contribution in [0.3, 0.4) is 0 Å². The van der Waals surface area contributed by atoms with E-state index >= 15 is 0 Å². The van der Waals surface area contributed by atoms with Crippen molar-refractivity contribution in [1.29, 1.82) is 0 Å². The van der Waals surface area contributed by atoms with Gasteiger partial charge in [-0.15, -0.1) is 0 Å². The first-order valence-corrected chi connectivity index (χ1v) is 19.1. The fraction of sp³-hybridized carbons (Fsp3) is 0.0732. The van der Waals surface area contributed by atoms with Crippen molar-refractivity contribution in [2.45, 2.75) is 19.6 Å². The summed E-state index contributed by atoms with van der Waals surface area (Å²) in [6, 6.07) is 48.4. The van der Waals surface area contributed by atoms with E-state index in [1.54, 1.807) is 0 Å². The SMILES string of the molecule is C[Si](C)(C)c1ccc(-c2cnccc2-c2ccccc2-c2ccc(-c3nc(-c4ccccc4)nc(-c4ccccc4)n3)cc2)cc1. The molecule has 2 aromatic heterocycles. The van der Waals surface area contributed by atoms with Crippen LogP contribution in [0.1, 0.15) is 0 Å². The lowest BCUT2D eigenvalue weighted by Gasteiger charge is -2.18. The molecule has 7 aromatic rings. The standard InChI is InChI=1S/C41H34N4Si/c1-46(2,3)34-24-22-30(23-25-34)38-28-42-27-26-37(38)36-17-11-10-16-35(36)29-18-20-33(21-19-29)41-44-39(31-12-6-4-7-13-31)43-40(45-41)32-14-8-5-9-15-32/h4-28H,1-3H3. The molecule has 7 rings (SSSR count). The molecule has 0 spiro atoms. The summed E-state index contributed by atoms with van der Waals surface area (Å²) >= 11 is 0. The highest BCUT2D eigenvalue weighted by Gasteiger charge is 2.18. The van der Waals surface area contributed by atoms with Gasteiger partial charge in [0.15, 0.2) is 17.5 Å². The third kappa shape index (κ3) is 6.05. The van der Waals surface area contributed by atoms with Crippen molar-refractivity contribution < 1.29 is 0 Å². The molecular formula is C41H34N4Si. The summed E-state index contributed by atoms with van der Waals surface area (Å²) in [6.07, 6.45) is 3.86. The molecule has 0 saturated heterocycles. The molecule has 0 amide bonds. The number of aromatic nitrogens is 4. The van der Waals surface area contributed by atoms with Gasteiger partial charge in [0.05, 0.1) is 8.07 Å². The van der Waals surface area contributed by atoms with E-state index in [0.29, 0.717) is 17.5 Å². The Balaban J connectivity index is 1.27. The summed E-state index contributed by atoms with van der Waals surface area (Å²) < 4.78 is 0. The maximum atomic E-state index is 4.91. The van der Waals surface area contributed by atoms with Gasteiger partial charge in [0.1, 0.15) is 0 Å². The van der Waals surface area contributed by atoms with Crippen molar-refractivity contribution in [2.24, 2.45) is 0 Å². The third-order valence-electron chi connectivity index (χ3n) is 8.25. The molecular weight excluding hydrogens is 577 g/mol. The van der Waals surface area contributed by atoms with Gasteiger partial charge in [0.25, 0.3) is 0 Å². The topological polar surface area (TPSA) is 51.6 Å². The highest BCUT2D eigenvalue weighted by molar-refractivity contribution is 6.88. The second-order valence-corrected chi connectivity index (χ2v) is 17.5. The fourth-order valence-electron chi connectivity index (χ4n) is 5.72. The predicted octanol–water partition coefficient (Wildman–Crippen LogP) is 9.81. The molecule has 0 aliphatic heterocycles. The van der Waals surface area contributed by atoms with Crippen molar-refractivity contribution in [1.82, 2.24) is 19.9 Å². The molecule has 2 heterocycles. The van der Waals surface area contributed by atoms with Gasteiger partial charge >= 0.3 is 0 Å². The summed E-state index contributed by atoms with van der Waals surface area (Å²) in [7, 11) is -1.39. The third-order valence-corrected chi connectivity index (χ3v) is 10.3. The Kier molecular flexibility index (Phi) is 7.91. The van der Waals surface area contributed by atoms with Crippen molar-refractivity contribution in [2.75, 3.05) is 0 Å². The first kappa shape index (κ1) is 29.2. The minimum Gasteiger partial charge on any atom is -0.264 e. The monoisotopic (exact) mass is 610 g/mol. The summed E-state index contributed by atoms with van der Waals surface area (Å²) in [6.45, 7) is 7.14. The molecule has 0 bridgehead atoms. The van der Waals surface area contributed by atoms with E-state index in [1.807, 2.05) is 73.1 Å². The molecule has 0 saturated carbocycles. The van der Waals surface area contributed by atoms with Crippen LogP contribution in [0.2, 0.25) is 19.6 Å². The molecule has 222 valence electrons. The molecule has 0 aliphatic carbocycles. The number of hydrogen-bond donors (Lipinski definition) is 0. The minimum atomic E-state index is -1.39. The van der Waals surface area contributed by atoms with Crippen molar-refractivity contribution >= 4 is 13.3 Å². The van der Waals surface area contributed by atoms with Gasteiger partial charge in [-0.2, -0.15) is 0 Å². The first-order chi connectivity index (χ1) is 22.4. The molecule has 5 aromatic carbocycles. The minimum absolute atomic E-state index is 0.644. The predicted molar refractivity (Wildman–Crippen MR) is 193 cm³/mol. The lowest BCUT2D eigenvalue weighted by Crippen LogP contribution is -2.37. The van der Waals surface area contributed by atoms with Crippen LogP contribution in [-0.2, 0) is 0 Å². The molecule has 0 atom stereocenters. The summed E-state index contributed by atoms with van der Waals surface area (Å²) in [4.78, 5) is 19.2. The van der Waals surface area contributed by atoms with Gasteiger partial charge in [-0.3, -0.25) is 4.98 Å². The molecule has 0 fully saturated rings. The number of nitrogens with zero attached hydrogens (tertiary/aromatic N) is 4. The fourth-order valence-corrected chi connectivity index (χ4v) is 6.88. The maximum absolute atomic E-state index is 4.91. The van der Waals surface area contributed by atoms with E-state index in [-0.39, 0.29) is 0 Å². The number of benzene rings is 5. The van der Waals surface area contributed by atoms with Gasteiger partial charge in [0.2, 0.25) is 0 Å². The second kappa shape index (κ2) is 12.5. The van der Waals surface area contributed by atoms with Gasteiger partial charge in [-0.25, -0.2) is 15.0 Å². The van der Waals surface area contributed by atoms with E-state index in [4.69, 9.17) is 15.0 Å². The zero-order chi connectivity index (χ0) is 31.5. The normalized spacial score (nSPS) is 11.4. The summed E-state index contributed by atoms with van der Waals surface area (Å²) in [5.74, 6) is 1.95. The quantitative estimate of drug-likeness (QED) is 0.169. The molecule has 0 aliphatic rings.